The minimum atomic E-state index is -0.455. The predicted molar refractivity (Wildman–Crippen MR) is 77.5 cm³/mol. The van der Waals surface area contributed by atoms with Gasteiger partial charge in [-0.3, -0.25) is 0 Å². The third kappa shape index (κ3) is 3.95. The van der Waals surface area contributed by atoms with Crippen molar-refractivity contribution in [3.8, 4) is 22.9 Å². The second-order valence-corrected chi connectivity index (χ2v) is 4.76. The van der Waals surface area contributed by atoms with E-state index in [0.717, 1.165) is 12.0 Å². The summed E-state index contributed by atoms with van der Waals surface area (Å²) in [7, 11) is 3.17. The van der Waals surface area contributed by atoms with E-state index in [-0.39, 0.29) is 0 Å². The van der Waals surface area contributed by atoms with Crippen LogP contribution in [0.2, 0.25) is 0 Å². The molecule has 0 bridgehead atoms. The Morgan fingerprint density at radius 2 is 1.86 bits per heavy atom. The zero-order valence-electron chi connectivity index (χ0n) is 12.5. The summed E-state index contributed by atoms with van der Waals surface area (Å²) in [6.07, 6.45) is 1.53. The van der Waals surface area contributed by atoms with Crippen LogP contribution >= 0.6 is 0 Å². The topological polar surface area (TPSA) is 77.6 Å². The number of hydrogen-bond acceptors (Lipinski definition) is 6. The van der Waals surface area contributed by atoms with Gasteiger partial charge in [0.15, 0.2) is 0 Å². The lowest BCUT2D eigenvalue weighted by Gasteiger charge is -2.06. The molecular weight excluding hydrogens is 272 g/mol. The van der Waals surface area contributed by atoms with Crippen LogP contribution in [-0.4, -0.2) is 35.6 Å². The van der Waals surface area contributed by atoms with Gasteiger partial charge in [-0.15, -0.1) is 0 Å². The van der Waals surface area contributed by atoms with Gasteiger partial charge < -0.3 is 19.1 Å². The third-order valence-corrected chi connectivity index (χ3v) is 3.11. The maximum Gasteiger partial charge on any atom is 0.229 e. The number of ether oxygens (including phenoxy) is 2. The van der Waals surface area contributed by atoms with Crippen LogP contribution in [0.5, 0.6) is 11.5 Å². The van der Waals surface area contributed by atoms with E-state index in [0.29, 0.717) is 36.1 Å². The SMILES string of the molecule is CCCC(O)Cc1nc(-c2cc(OC)cc(OC)c2)no1. The molecule has 1 unspecified atom stereocenters. The molecule has 0 saturated heterocycles. The number of benzene rings is 1. The Morgan fingerprint density at radius 3 is 2.43 bits per heavy atom. The molecule has 0 aliphatic heterocycles. The van der Waals surface area contributed by atoms with Crippen LogP contribution in [0.1, 0.15) is 25.7 Å². The number of methoxy groups -OCH3 is 2. The van der Waals surface area contributed by atoms with Crippen molar-refractivity contribution in [2.24, 2.45) is 0 Å². The number of aliphatic hydroxyl groups is 1. The van der Waals surface area contributed by atoms with Crippen LogP contribution in [0.3, 0.4) is 0 Å². The molecule has 1 aromatic heterocycles. The van der Waals surface area contributed by atoms with Crippen LogP contribution < -0.4 is 9.47 Å². The first-order valence-corrected chi connectivity index (χ1v) is 6.90. The lowest BCUT2D eigenvalue weighted by Crippen LogP contribution is -2.09. The molecule has 0 fully saturated rings. The molecule has 1 N–H and O–H groups in total. The monoisotopic (exact) mass is 292 g/mol. The minimum Gasteiger partial charge on any atom is -0.497 e. The van der Waals surface area contributed by atoms with Gasteiger partial charge in [-0.05, 0) is 18.6 Å². The molecule has 114 valence electrons. The molecule has 1 aromatic carbocycles. The van der Waals surface area contributed by atoms with Gasteiger partial charge in [-0.1, -0.05) is 18.5 Å². The Balaban J connectivity index is 2.20. The molecule has 0 aliphatic rings. The summed E-state index contributed by atoms with van der Waals surface area (Å²) >= 11 is 0. The summed E-state index contributed by atoms with van der Waals surface area (Å²) in [4.78, 5) is 4.30. The fourth-order valence-electron chi connectivity index (χ4n) is 2.03. The van der Waals surface area contributed by atoms with Gasteiger partial charge in [-0.25, -0.2) is 0 Å². The molecular formula is C15H20N2O4. The lowest BCUT2D eigenvalue weighted by molar-refractivity contribution is 0.152. The van der Waals surface area contributed by atoms with Crippen molar-refractivity contribution in [3.63, 3.8) is 0 Å². The van der Waals surface area contributed by atoms with Gasteiger partial charge in [0.25, 0.3) is 0 Å². The highest BCUT2D eigenvalue weighted by Gasteiger charge is 2.14. The smallest absolute Gasteiger partial charge is 0.229 e. The highest BCUT2D eigenvalue weighted by molar-refractivity contribution is 5.60. The summed E-state index contributed by atoms with van der Waals surface area (Å²) in [5.41, 5.74) is 0.742. The van der Waals surface area contributed by atoms with Crippen molar-refractivity contribution in [1.29, 1.82) is 0 Å². The van der Waals surface area contributed by atoms with Gasteiger partial charge in [0.2, 0.25) is 11.7 Å². The van der Waals surface area contributed by atoms with Crippen LogP contribution in [0.15, 0.2) is 22.7 Å². The van der Waals surface area contributed by atoms with Crippen LogP contribution in [-0.2, 0) is 6.42 Å². The highest BCUT2D eigenvalue weighted by atomic mass is 16.5. The average molecular weight is 292 g/mol. The summed E-state index contributed by atoms with van der Waals surface area (Å²) in [6.45, 7) is 2.02. The summed E-state index contributed by atoms with van der Waals surface area (Å²) in [6, 6.07) is 5.38. The Morgan fingerprint density at radius 1 is 1.19 bits per heavy atom. The lowest BCUT2D eigenvalue weighted by atomic mass is 10.1. The number of nitrogens with zero attached hydrogens (tertiary/aromatic N) is 2. The largest absolute Gasteiger partial charge is 0.497 e. The highest BCUT2D eigenvalue weighted by Crippen LogP contribution is 2.28. The number of rotatable bonds is 7. The van der Waals surface area contributed by atoms with Gasteiger partial charge in [-0.2, -0.15) is 4.98 Å². The molecule has 21 heavy (non-hydrogen) atoms. The zero-order chi connectivity index (χ0) is 15.2. The standard InChI is InChI=1S/C15H20N2O4/c1-4-5-11(18)8-14-16-15(17-21-14)10-6-12(19-2)9-13(7-10)20-3/h6-7,9,11,18H,4-5,8H2,1-3H3. The van der Waals surface area contributed by atoms with E-state index in [2.05, 4.69) is 10.1 Å². The minimum absolute atomic E-state index is 0.363. The quantitative estimate of drug-likeness (QED) is 0.844. The Bertz CT molecular complexity index is 561. The van der Waals surface area contributed by atoms with Crippen molar-refractivity contribution < 1.29 is 19.1 Å². The van der Waals surface area contributed by atoms with E-state index in [4.69, 9.17) is 14.0 Å². The van der Waals surface area contributed by atoms with E-state index >= 15 is 0 Å². The van der Waals surface area contributed by atoms with E-state index in [1.807, 2.05) is 6.92 Å². The van der Waals surface area contributed by atoms with Gasteiger partial charge in [0.1, 0.15) is 11.5 Å². The van der Waals surface area contributed by atoms with Crippen molar-refractivity contribution >= 4 is 0 Å². The van der Waals surface area contributed by atoms with E-state index in [9.17, 15) is 5.11 Å². The van der Waals surface area contributed by atoms with Crippen LogP contribution in [0.25, 0.3) is 11.4 Å². The average Bonchev–Trinajstić information content (AvgIpc) is 2.95. The van der Waals surface area contributed by atoms with Crippen molar-refractivity contribution in [1.82, 2.24) is 10.1 Å². The molecule has 2 aromatic rings. The fourth-order valence-corrected chi connectivity index (χ4v) is 2.03. The molecule has 6 nitrogen and oxygen atoms in total. The molecule has 0 radical (unpaired) electrons. The molecule has 0 amide bonds. The first-order valence-electron chi connectivity index (χ1n) is 6.90. The zero-order valence-corrected chi connectivity index (χ0v) is 12.5. The van der Waals surface area contributed by atoms with Crippen LogP contribution in [0, 0.1) is 0 Å². The first kappa shape index (κ1) is 15.3. The maximum absolute atomic E-state index is 9.78. The molecule has 0 aliphatic carbocycles. The van der Waals surface area contributed by atoms with E-state index in [1.165, 1.54) is 0 Å². The number of aliphatic hydroxyl groups excluding tert-OH is 1. The third-order valence-electron chi connectivity index (χ3n) is 3.11. The first-order chi connectivity index (χ1) is 10.2. The normalized spacial score (nSPS) is 12.2. The fraction of sp³-hybridized carbons (Fsp3) is 0.467. The van der Waals surface area contributed by atoms with E-state index in [1.54, 1.807) is 32.4 Å². The second kappa shape index (κ2) is 7.08. The Labute approximate surface area is 123 Å². The maximum atomic E-state index is 9.78. The molecule has 6 heteroatoms. The summed E-state index contributed by atoms with van der Waals surface area (Å²) in [5, 5.41) is 13.7. The van der Waals surface area contributed by atoms with Gasteiger partial charge in [0, 0.05) is 11.6 Å². The second-order valence-electron chi connectivity index (χ2n) is 4.76. The van der Waals surface area contributed by atoms with Gasteiger partial charge >= 0.3 is 0 Å². The Kier molecular flexibility index (Phi) is 5.16. The molecule has 2 rings (SSSR count). The summed E-state index contributed by atoms with van der Waals surface area (Å²) in [5.74, 6) is 2.18. The number of aromatic nitrogens is 2. The Hall–Kier alpha value is -2.08. The molecule has 1 heterocycles. The van der Waals surface area contributed by atoms with Crippen molar-refractivity contribution in [3.05, 3.63) is 24.1 Å². The molecule has 1 atom stereocenters. The summed E-state index contributed by atoms with van der Waals surface area (Å²) < 4.78 is 15.6. The number of hydrogen-bond donors (Lipinski definition) is 1. The van der Waals surface area contributed by atoms with Crippen LogP contribution in [0.4, 0.5) is 0 Å². The van der Waals surface area contributed by atoms with Crippen molar-refractivity contribution in [2.75, 3.05) is 14.2 Å². The molecule has 0 saturated carbocycles. The predicted octanol–water partition coefficient (Wildman–Crippen LogP) is 2.46. The molecule has 0 spiro atoms. The van der Waals surface area contributed by atoms with Crippen molar-refractivity contribution in [2.45, 2.75) is 32.3 Å². The van der Waals surface area contributed by atoms with Gasteiger partial charge in [0.05, 0.1) is 26.7 Å². The van der Waals surface area contributed by atoms with E-state index < -0.39 is 6.10 Å².